The highest BCUT2D eigenvalue weighted by molar-refractivity contribution is 5.41. The van der Waals surface area contributed by atoms with Crippen LogP contribution in [0.25, 0.3) is 17.1 Å². The molecular formula is C47H42F4N16O4. The largest absolute Gasteiger partial charge is 0.381 e. The highest BCUT2D eigenvalue weighted by atomic mass is 19.1. The van der Waals surface area contributed by atoms with Gasteiger partial charge in [-0.25, -0.2) is 55.8 Å². The summed E-state index contributed by atoms with van der Waals surface area (Å²) >= 11 is 0. The molecule has 4 aromatic carbocycles. The van der Waals surface area contributed by atoms with Gasteiger partial charge in [0.15, 0.2) is 0 Å². The fraction of sp³-hybridized carbons (Fsp3) is 0.191. The topological polar surface area (TPSA) is 217 Å². The van der Waals surface area contributed by atoms with Crippen molar-refractivity contribution < 1.29 is 27.8 Å². The number of hydrogen-bond donors (Lipinski definition) is 2. The normalized spacial score (nSPS) is 14.0. The summed E-state index contributed by atoms with van der Waals surface area (Å²) in [7, 11) is 0. The van der Waals surface area contributed by atoms with E-state index in [0.717, 1.165) is 23.4 Å². The van der Waals surface area contributed by atoms with E-state index in [-0.39, 0.29) is 24.2 Å². The first-order valence-electron chi connectivity index (χ1n) is 21.7. The van der Waals surface area contributed by atoms with Crippen molar-refractivity contribution >= 4 is 0 Å². The summed E-state index contributed by atoms with van der Waals surface area (Å²) in [6, 6.07) is 18.3. The smallest absolute Gasteiger partial charge is 0.333 e. The predicted molar refractivity (Wildman–Crippen MR) is 244 cm³/mol. The van der Waals surface area contributed by atoms with Crippen LogP contribution < -0.4 is 11.4 Å². The molecule has 10 aromatic rings. The van der Waals surface area contributed by atoms with Crippen LogP contribution in [0.5, 0.6) is 0 Å². The zero-order chi connectivity index (χ0) is 49.9. The Morgan fingerprint density at radius 1 is 0.549 bits per heavy atom. The van der Waals surface area contributed by atoms with Gasteiger partial charge in [-0.05, 0) is 67.9 Å². The monoisotopic (exact) mass is 970 g/mol. The minimum atomic E-state index is -1.96. The Morgan fingerprint density at radius 3 is 1.44 bits per heavy atom. The van der Waals surface area contributed by atoms with Crippen molar-refractivity contribution in [3.63, 3.8) is 0 Å². The lowest BCUT2D eigenvalue weighted by molar-refractivity contribution is -0.0344. The molecule has 2 N–H and O–H groups in total. The van der Waals surface area contributed by atoms with E-state index in [1.54, 1.807) is 96.8 Å². The van der Waals surface area contributed by atoms with Crippen LogP contribution in [0.3, 0.4) is 0 Å². The van der Waals surface area contributed by atoms with E-state index in [4.69, 9.17) is 0 Å². The second-order valence-corrected chi connectivity index (χ2v) is 16.5. The molecule has 0 unspecified atom stereocenters. The van der Waals surface area contributed by atoms with Gasteiger partial charge in [-0.15, -0.1) is 10.2 Å². The highest BCUT2D eigenvalue weighted by Gasteiger charge is 2.42. The van der Waals surface area contributed by atoms with Crippen molar-refractivity contribution in [3.05, 3.63) is 221 Å². The molecule has 24 heteroatoms. The van der Waals surface area contributed by atoms with E-state index in [1.807, 2.05) is 12.1 Å². The number of aliphatic hydroxyl groups is 2. The summed E-state index contributed by atoms with van der Waals surface area (Å²) in [6.45, 7) is 3.27. The van der Waals surface area contributed by atoms with E-state index in [2.05, 4.69) is 40.8 Å². The van der Waals surface area contributed by atoms with Gasteiger partial charge in [0.25, 0.3) is 0 Å². The molecular weight excluding hydrogens is 929 g/mol. The van der Waals surface area contributed by atoms with Gasteiger partial charge in [0, 0.05) is 54.2 Å². The maximum Gasteiger partial charge on any atom is 0.333 e. The lowest BCUT2D eigenvalue weighted by Crippen LogP contribution is -2.43. The van der Waals surface area contributed by atoms with Crippen LogP contribution >= 0.6 is 0 Å². The Balaban J connectivity index is 0.000000176. The van der Waals surface area contributed by atoms with Crippen LogP contribution in [-0.2, 0) is 30.8 Å². The molecule has 10 rings (SSSR count). The summed E-state index contributed by atoms with van der Waals surface area (Å²) in [5.41, 5.74) is -2.21. The molecule has 4 atom stereocenters. The third kappa shape index (κ3) is 9.60. The van der Waals surface area contributed by atoms with Crippen LogP contribution in [0.2, 0.25) is 0 Å². The minimum absolute atomic E-state index is 0.163. The van der Waals surface area contributed by atoms with Gasteiger partial charge in [-0.3, -0.25) is 18.3 Å². The van der Waals surface area contributed by atoms with Crippen LogP contribution in [0.1, 0.15) is 42.6 Å². The quantitative estimate of drug-likeness (QED) is 0.136. The Kier molecular flexibility index (Phi) is 13.0. The van der Waals surface area contributed by atoms with Crippen molar-refractivity contribution in [2.75, 3.05) is 0 Å². The van der Waals surface area contributed by atoms with Crippen molar-refractivity contribution in [2.45, 2.75) is 56.8 Å². The van der Waals surface area contributed by atoms with Gasteiger partial charge in [-0.2, -0.15) is 10.2 Å². The maximum absolute atomic E-state index is 14.8. The Hall–Kier alpha value is -8.90. The second-order valence-electron chi connectivity index (χ2n) is 16.5. The summed E-state index contributed by atoms with van der Waals surface area (Å²) in [6.07, 6.45) is 18.0. The third-order valence-corrected chi connectivity index (χ3v) is 12.2. The van der Waals surface area contributed by atoms with Crippen molar-refractivity contribution in [3.8, 4) is 17.1 Å². The van der Waals surface area contributed by atoms with Gasteiger partial charge in [0.05, 0.1) is 67.4 Å². The number of halogens is 4. The highest BCUT2D eigenvalue weighted by Crippen LogP contribution is 2.38. The molecule has 20 nitrogen and oxygen atoms in total. The number of nitrogens with zero attached hydrogens (tertiary/aromatic N) is 16. The molecule has 0 aliphatic rings. The average molecular weight is 971 g/mol. The number of benzene rings is 4. The molecule has 0 fully saturated rings. The Bertz CT molecular complexity index is 3470. The first-order valence-corrected chi connectivity index (χ1v) is 21.7. The van der Waals surface area contributed by atoms with E-state index in [1.165, 1.54) is 77.5 Å². The molecule has 0 saturated heterocycles. The van der Waals surface area contributed by atoms with Crippen LogP contribution in [0.4, 0.5) is 17.6 Å². The van der Waals surface area contributed by atoms with Crippen molar-refractivity contribution in [2.24, 2.45) is 0 Å². The van der Waals surface area contributed by atoms with Crippen molar-refractivity contribution in [1.82, 2.24) is 77.8 Å². The van der Waals surface area contributed by atoms with Crippen LogP contribution in [0.15, 0.2) is 169 Å². The number of imidazole rings is 2. The lowest BCUT2D eigenvalue weighted by Gasteiger charge is -2.35. The summed E-state index contributed by atoms with van der Waals surface area (Å²) in [4.78, 5) is 34.4. The molecule has 0 saturated carbocycles. The second kappa shape index (κ2) is 19.6. The fourth-order valence-corrected chi connectivity index (χ4v) is 8.29. The Morgan fingerprint density at radius 2 is 1.01 bits per heavy atom. The van der Waals surface area contributed by atoms with E-state index in [0.29, 0.717) is 30.1 Å². The minimum Gasteiger partial charge on any atom is -0.381 e. The van der Waals surface area contributed by atoms with Gasteiger partial charge >= 0.3 is 11.4 Å². The molecule has 0 radical (unpaired) electrons. The fourth-order valence-electron chi connectivity index (χ4n) is 8.29. The van der Waals surface area contributed by atoms with E-state index < -0.39 is 57.9 Å². The molecule has 0 aliphatic heterocycles. The molecule has 6 heterocycles. The summed E-state index contributed by atoms with van der Waals surface area (Å²) < 4.78 is 68.2. The summed E-state index contributed by atoms with van der Waals surface area (Å²) in [5.74, 6) is -3.42. The molecule has 71 heavy (non-hydrogen) atoms. The zero-order valence-electron chi connectivity index (χ0n) is 37.7. The SMILES string of the molecule is C[C@@H](n1ccn(-c2ccc(-n3ccnn3)cc2)c1=O)[C@@](O)(Cn1cncn1)c1ccc(F)cc1F.C[C@@H](n1ccn(-c2ccc(Cn3ccnn3)cc2)c1=O)[C@@](O)(Cn1cncn1)c1ccc(F)cc1F. The molecule has 362 valence electrons. The number of hydrogen-bond acceptors (Lipinski definition) is 12. The zero-order valence-corrected chi connectivity index (χ0v) is 37.7. The van der Waals surface area contributed by atoms with Crippen LogP contribution in [-0.4, -0.2) is 88.0 Å². The van der Waals surface area contributed by atoms with Gasteiger partial charge in [0.1, 0.15) is 59.8 Å². The summed E-state index contributed by atoms with van der Waals surface area (Å²) in [5, 5.41) is 47.0. The van der Waals surface area contributed by atoms with Gasteiger partial charge in [0.2, 0.25) is 0 Å². The maximum atomic E-state index is 14.8. The first kappa shape index (κ1) is 47.2. The molecule has 0 bridgehead atoms. The standard InChI is InChI=1S/C24H22F2N8O2.C23H20F2N8O2/c1-17(24(36,14-32-16-27-15-29-32)21-7-4-19(25)12-22(21)26)33-10-11-34(23(33)35)20-5-2-18(3-6-20)13-31-9-8-28-30-31;1-16(23(35,13-30-15-26-14-28-30)20-7-2-17(24)12-21(20)25)31-10-11-32(22(31)34)18-3-5-19(6-4-18)33-9-8-27-29-33/h2-12,15-17,36H,13-14H2,1H3;2-12,14-16,35H,13H2,1H3/t17-,24+;16-,23+/m11/s1. The van der Waals surface area contributed by atoms with Crippen molar-refractivity contribution in [1.29, 1.82) is 0 Å². The molecule has 0 amide bonds. The molecule has 6 aromatic heterocycles. The molecule has 0 aliphatic carbocycles. The van der Waals surface area contributed by atoms with Gasteiger partial charge in [-0.1, -0.05) is 34.7 Å². The van der Waals surface area contributed by atoms with E-state index in [9.17, 15) is 37.4 Å². The predicted octanol–water partition coefficient (Wildman–Crippen LogP) is 4.54. The average Bonchev–Trinajstić information content (AvgIpc) is 4.23. The molecule has 0 spiro atoms. The Labute approximate surface area is 399 Å². The van der Waals surface area contributed by atoms with Gasteiger partial charge < -0.3 is 10.2 Å². The lowest BCUT2D eigenvalue weighted by atomic mass is 9.86. The number of aromatic nitrogens is 16. The first-order chi connectivity index (χ1) is 34.2. The van der Waals surface area contributed by atoms with Crippen LogP contribution in [0, 0.1) is 23.3 Å². The number of rotatable bonds is 15. The van der Waals surface area contributed by atoms with E-state index >= 15 is 0 Å². The third-order valence-electron chi connectivity index (χ3n) is 12.2.